The van der Waals surface area contributed by atoms with E-state index in [1.165, 1.54) is 0 Å². The van der Waals surface area contributed by atoms with Gasteiger partial charge in [0, 0.05) is 15.5 Å². The number of nitrogens with one attached hydrogen (secondary N) is 2. The van der Waals surface area contributed by atoms with Crippen molar-refractivity contribution in [2.75, 3.05) is 18.9 Å². The summed E-state index contributed by atoms with van der Waals surface area (Å²) in [6, 6.07) is 11.8. The quantitative estimate of drug-likeness (QED) is 0.913. The minimum Gasteiger partial charge on any atom is -0.324 e. The summed E-state index contributed by atoms with van der Waals surface area (Å²) < 4.78 is 1.03. The van der Waals surface area contributed by atoms with Crippen LogP contribution >= 0.6 is 15.9 Å². The zero-order valence-corrected chi connectivity index (χ0v) is 11.0. The molecule has 0 bridgehead atoms. The normalized spacial score (nSPS) is 10.5. The van der Waals surface area contributed by atoms with Crippen LogP contribution in [0.15, 0.2) is 40.9 Å². The second kappa shape index (κ2) is 5.29. The van der Waals surface area contributed by atoms with Gasteiger partial charge in [-0.05, 0) is 24.6 Å². The van der Waals surface area contributed by atoms with Crippen molar-refractivity contribution < 1.29 is 4.79 Å². The summed E-state index contributed by atoms with van der Waals surface area (Å²) >= 11 is 3.50. The van der Waals surface area contributed by atoms with Crippen LogP contribution in [0.5, 0.6) is 0 Å². The molecule has 88 valence electrons. The van der Waals surface area contributed by atoms with Gasteiger partial charge in [-0.2, -0.15) is 0 Å². The molecule has 0 atom stereocenters. The number of hydrogen-bond acceptors (Lipinski definition) is 2. The Morgan fingerprint density at radius 1 is 1.18 bits per heavy atom. The fraction of sp³-hybridized carbons (Fsp3) is 0.154. The molecule has 2 aromatic carbocycles. The summed E-state index contributed by atoms with van der Waals surface area (Å²) in [6.07, 6.45) is 0. The van der Waals surface area contributed by atoms with Crippen molar-refractivity contribution in [3.05, 3.63) is 40.9 Å². The van der Waals surface area contributed by atoms with Crippen LogP contribution in [0, 0.1) is 0 Å². The number of likely N-dealkylation sites (N-methyl/N-ethyl adjacent to an activating group) is 1. The molecule has 2 aromatic rings. The van der Waals surface area contributed by atoms with Gasteiger partial charge in [0.2, 0.25) is 5.91 Å². The van der Waals surface area contributed by atoms with Gasteiger partial charge in [-0.15, -0.1) is 0 Å². The van der Waals surface area contributed by atoms with Crippen molar-refractivity contribution in [3.63, 3.8) is 0 Å². The van der Waals surface area contributed by atoms with E-state index in [0.29, 0.717) is 6.54 Å². The molecule has 4 heteroatoms. The molecule has 0 saturated carbocycles. The number of fused-ring (bicyclic) bond motifs is 1. The van der Waals surface area contributed by atoms with Gasteiger partial charge in [-0.1, -0.05) is 40.2 Å². The number of anilines is 1. The lowest BCUT2D eigenvalue weighted by Crippen LogP contribution is -2.25. The van der Waals surface area contributed by atoms with Crippen molar-refractivity contribution in [3.8, 4) is 0 Å². The lowest BCUT2D eigenvalue weighted by Gasteiger charge is -2.09. The number of hydrogen-bond donors (Lipinski definition) is 2. The standard InChI is InChI=1S/C13H13BrN2O/c1-15-8-13(17)16-12-7-6-11(14)9-4-2-3-5-10(9)12/h2-7,15H,8H2,1H3,(H,16,17). The van der Waals surface area contributed by atoms with E-state index in [4.69, 9.17) is 0 Å². The Balaban J connectivity index is 2.41. The summed E-state index contributed by atoms with van der Waals surface area (Å²) in [6.45, 7) is 0.310. The molecule has 0 unspecified atom stereocenters. The van der Waals surface area contributed by atoms with E-state index in [2.05, 4.69) is 26.6 Å². The topological polar surface area (TPSA) is 41.1 Å². The Morgan fingerprint density at radius 2 is 1.88 bits per heavy atom. The largest absolute Gasteiger partial charge is 0.324 e. The predicted octanol–water partition coefficient (Wildman–Crippen LogP) is 2.76. The van der Waals surface area contributed by atoms with Crippen LogP contribution in [0.25, 0.3) is 10.8 Å². The molecule has 3 nitrogen and oxygen atoms in total. The molecule has 17 heavy (non-hydrogen) atoms. The maximum absolute atomic E-state index is 11.6. The predicted molar refractivity (Wildman–Crippen MR) is 74.2 cm³/mol. The van der Waals surface area contributed by atoms with Gasteiger partial charge >= 0.3 is 0 Å². The molecule has 1 amide bonds. The molecule has 0 aromatic heterocycles. The molecular weight excluding hydrogens is 280 g/mol. The van der Waals surface area contributed by atoms with Crippen LogP contribution < -0.4 is 10.6 Å². The second-order valence-electron chi connectivity index (χ2n) is 3.72. The van der Waals surface area contributed by atoms with Gasteiger partial charge < -0.3 is 10.6 Å². The first-order valence-electron chi connectivity index (χ1n) is 5.34. The van der Waals surface area contributed by atoms with Crippen molar-refractivity contribution >= 4 is 38.3 Å². The maximum atomic E-state index is 11.6. The van der Waals surface area contributed by atoms with Crippen LogP contribution in [-0.2, 0) is 4.79 Å². The number of rotatable bonds is 3. The molecule has 0 saturated heterocycles. The third-order valence-electron chi connectivity index (χ3n) is 2.48. The van der Waals surface area contributed by atoms with Gasteiger partial charge in [0.1, 0.15) is 0 Å². The minimum atomic E-state index is -0.0417. The number of halogens is 1. The van der Waals surface area contributed by atoms with E-state index >= 15 is 0 Å². The number of carbonyl (C=O) groups is 1. The van der Waals surface area contributed by atoms with Crippen LogP contribution in [-0.4, -0.2) is 19.5 Å². The van der Waals surface area contributed by atoms with Crippen LogP contribution in [0.2, 0.25) is 0 Å². The van der Waals surface area contributed by atoms with E-state index in [-0.39, 0.29) is 5.91 Å². The van der Waals surface area contributed by atoms with Crippen LogP contribution in [0.1, 0.15) is 0 Å². The molecular formula is C13H13BrN2O. The number of benzene rings is 2. The average molecular weight is 293 g/mol. The molecule has 0 radical (unpaired) electrons. The summed E-state index contributed by atoms with van der Waals surface area (Å²) in [5.41, 5.74) is 0.837. The van der Waals surface area contributed by atoms with Gasteiger partial charge in [0.15, 0.2) is 0 Å². The first-order chi connectivity index (χ1) is 8.22. The maximum Gasteiger partial charge on any atom is 0.238 e. The second-order valence-corrected chi connectivity index (χ2v) is 4.57. The Hall–Kier alpha value is -1.39. The Labute approximate surface area is 108 Å². The van der Waals surface area contributed by atoms with Gasteiger partial charge in [-0.3, -0.25) is 4.79 Å². The molecule has 0 fully saturated rings. The van der Waals surface area contributed by atoms with Crippen molar-refractivity contribution in [2.45, 2.75) is 0 Å². The first kappa shape index (κ1) is 12.1. The fourth-order valence-electron chi connectivity index (χ4n) is 1.73. The zero-order valence-electron chi connectivity index (χ0n) is 9.46. The minimum absolute atomic E-state index is 0.0417. The first-order valence-corrected chi connectivity index (χ1v) is 6.13. The summed E-state index contributed by atoms with van der Waals surface area (Å²) in [7, 11) is 1.75. The number of amides is 1. The summed E-state index contributed by atoms with van der Waals surface area (Å²) in [4.78, 5) is 11.6. The van der Waals surface area contributed by atoms with E-state index in [1.807, 2.05) is 36.4 Å². The smallest absolute Gasteiger partial charge is 0.238 e. The molecule has 2 N–H and O–H groups in total. The lowest BCUT2D eigenvalue weighted by molar-refractivity contribution is -0.115. The SMILES string of the molecule is CNCC(=O)Nc1ccc(Br)c2ccccc12. The van der Waals surface area contributed by atoms with E-state index in [9.17, 15) is 4.79 Å². The van der Waals surface area contributed by atoms with Crippen LogP contribution in [0.4, 0.5) is 5.69 Å². The fourth-order valence-corrected chi connectivity index (χ4v) is 2.20. The molecule has 0 aliphatic rings. The molecule has 2 rings (SSSR count). The summed E-state index contributed by atoms with van der Waals surface area (Å²) in [5.74, 6) is -0.0417. The highest BCUT2D eigenvalue weighted by Crippen LogP contribution is 2.29. The molecule has 0 heterocycles. The molecule has 0 spiro atoms. The van der Waals surface area contributed by atoms with Gasteiger partial charge in [0.05, 0.1) is 6.54 Å². The van der Waals surface area contributed by atoms with Gasteiger partial charge in [-0.25, -0.2) is 0 Å². The highest BCUT2D eigenvalue weighted by atomic mass is 79.9. The Bertz CT molecular complexity index is 554. The third-order valence-corrected chi connectivity index (χ3v) is 3.17. The van der Waals surface area contributed by atoms with E-state index in [1.54, 1.807) is 7.05 Å². The lowest BCUT2D eigenvalue weighted by atomic mass is 10.1. The Morgan fingerprint density at radius 3 is 2.59 bits per heavy atom. The Kier molecular flexibility index (Phi) is 3.76. The number of carbonyl (C=O) groups excluding carboxylic acids is 1. The third kappa shape index (κ3) is 2.65. The summed E-state index contributed by atoms with van der Waals surface area (Å²) in [5, 5.41) is 7.84. The zero-order chi connectivity index (χ0) is 12.3. The van der Waals surface area contributed by atoms with Crippen molar-refractivity contribution in [2.24, 2.45) is 0 Å². The highest BCUT2D eigenvalue weighted by Gasteiger charge is 2.06. The molecule has 0 aliphatic heterocycles. The van der Waals surface area contributed by atoms with E-state index < -0.39 is 0 Å². The monoisotopic (exact) mass is 292 g/mol. The highest BCUT2D eigenvalue weighted by molar-refractivity contribution is 9.10. The van der Waals surface area contributed by atoms with Crippen molar-refractivity contribution in [1.29, 1.82) is 0 Å². The van der Waals surface area contributed by atoms with Gasteiger partial charge in [0.25, 0.3) is 0 Å². The average Bonchev–Trinajstić information content (AvgIpc) is 2.34. The van der Waals surface area contributed by atoms with E-state index in [0.717, 1.165) is 20.9 Å². The van der Waals surface area contributed by atoms with Crippen LogP contribution in [0.3, 0.4) is 0 Å². The van der Waals surface area contributed by atoms with Crippen molar-refractivity contribution in [1.82, 2.24) is 5.32 Å². The molecule has 0 aliphatic carbocycles.